The number of aromatic amines is 1. The van der Waals surface area contributed by atoms with Gasteiger partial charge in [0.15, 0.2) is 0 Å². The van der Waals surface area contributed by atoms with E-state index in [1.807, 2.05) is 31.2 Å². The zero-order chi connectivity index (χ0) is 19.7. The minimum Gasteiger partial charge on any atom is -0.337 e. The van der Waals surface area contributed by atoms with Crippen LogP contribution in [0.2, 0.25) is 0 Å². The predicted molar refractivity (Wildman–Crippen MR) is 114 cm³/mol. The van der Waals surface area contributed by atoms with E-state index < -0.39 is 10.0 Å². The number of nitrogens with zero attached hydrogens (tertiary/aromatic N) is 2. The molecule has 4 aromatic rings. The Hall–Kier alpha value is -2.97. The molecule has 4 rings (SSSR count). The fourth-order valence-electron chi connectivity index (χ4n) is 2.93. The van der Waals surface area contributed by atoms with Gasteiger partial charge < -0.3 is 4.98 Å². The third-order valence-electron chi connectivity index (χ3n) is 4.08. The fraction of sp³-hybridized carbons (Fsp3) is 0.100. The fourth-order valence-corrected chi connectivity index (χ4v) is 4.32. The molecule has 6 nitrogen and oxygen atoms in total. The first-order valence-electron chi connectivity index (χ1n) is 8.53. The quantitative estimate of drug-likeness (QED) is 0.505. The van der Waals surface area contributed by atoms with E-state index in [1.165, 1.54) is 5.56 Å². The van der Waals surface area contributed by atoms with Gasteiger partial charge in [0, 0.05) is 29.2 Å². The van der Waals surface area contributed by atoms with Gasteiger partial charge in [0.2, 0.25) is 10.0 Å². The first-order chi connectivity index (χ1) is 13.4. The molecule has 0 amide bonds. The highest BCUT2D eigenvalue weighted by atomic mass is 32.2. The number of hydrogen-bond acceptors (Lipinski definition) is 5. The second kappa shape index (κ2) is 7.21. The third-order valence-corrected chi connectivity index (χ3v) is 5.74. The van der Waals surface area contributed by atoms with Crippen molar-refractivity contribution in [1.82, 2.24) is 15.0 Å². The van der Waals surface area contributed by atoms with E-state index in [2.05, 4.69) is 26.1 Å². The molecule has 0 aliphatic carbocycles. The summed E-state index contributed by atoms with van der Waals surface area (Å²) in [6.07, 6.45) is 4.60. The van der Waals surface area contributed by atoms with E-state index in [-0.39, 0.29) is 0 Å². The number of aromatic nitrogens is 3. The molecule has 0 bridgehead atoms. The van der Waals surface area contributed by atoms with Crippen molar-refractivity contribution in [1.29, 1.82) is 0 Å². The molecule has 28 heavy (non-hydrogen) atoms. The maximum absolute atomic E-state index is 11.6. The van der Waals surface area contributed by atoms with Crippen molar-refractivity contribution < 1.29 is 8.42 Å². The Balaban J connectivity index is 1.86. The Labute approximate surface area is 167 Å². The molecule has 1 aromatic carbocycles. The van der Waals surface area contributed by atoms with Gasteiger partial charge in [-0.2, -0.15) is 0 Å². The zero-order valence-corrected chi connectivity index (χ0v) is 16.9. The first-order valence-corrected chi connectivity index (χ1v) is 11.3. The molecule has 0 fully saturated rings. The number of H-pyrrole nitrogens is 1. The lowest BCUT2D eigenvalue weighted by Crippen LogP contribution is -2.09. The SMILES string of the molecule is Cc1csc(-c2nc(-c3cccc(NS(C)(=O)=O)c3)c(-c3ccncc3)[nH]2)c1. The molecule has 0 atom stereocenters. The van der Waals surface area contributed by atoms with Crippen LogP contribution in [0.3, 0.4) is 0 Å². The van der Waals surface area contributed by atoms with E-state index in [9.17, 15) is 8.42 Å². The average molecular weight is 411 g/mol. The summed E-state index contributed by atoms with van der Waals surface area (Å²) in [6.45, 7) is 2.05. The normalized spacial score (nSPS) is 11.5. The van der Waals surface area contributed by atoms with Crippen LogP contribution < -0.4 is 4.72 Å². The Bertz CT molecular complexity index is 1230. The molecule has 0 unspecified atom stereocenters. The summed E-state index contributed by atoms with van der Waals surface area (Å²) in [6, 6.07) is 13.1. The molecule has 3 aromatic heterocycles. The lowest BCUT2D eigenvalue weighted by molar-refractivity contribution is 0.607. The molecule has 0 saturated heterocycles. The topological polar surface area (TPSA) is 87.7 Å². The predicted octanol–water partition coefficient (Wildman–Crippen LogP) is 4.55. The van der Waals surface area contributed by atoms with E-state index >= 15 is 0 Å². The van der Waals surface area contributed by atoms with Gasteiger partial charge in [-0.1, -0.05) is 12.1 Å². The number of pyridine rings is 1. The van der Waals surface area contributed by atoms with Crippen LogP contribution in [0.1, 0.15) is 5.56 Å². The second-order valence-corrected chi connectivity index (χ2v) is 9.15. The van der Waals surface area contributed by atoms with Crippen LogP contribution in [0, 0.1) is 6.92 Å². The van der Waals surface area contributed by atoms with Gasteiger partial charge >= 0.3 is 0 Å². The summed E-state index contributed by atoms with van der Waals surface area (Å²) < 4.78 is 25.7. The van der Waals surface area contributed by atoms with E-state index in [0.717, 1.165) is 39.5 Å². The summed E-state index contributed by atoms with van der Waals surface area (Å²) in [4.78, 5) is 13.4. The number of aryl methyl sites for hydroxylation is 1. The van der Waals surface area contributed by atoms with Gasteiger partial charge in [0.25, 0.3) is 0 Å². The summed E-state index contributed by atoms with van der Waals surface area (Å²) in [5, 5.41) is 2.08. The number of sulfonamides is 1. The molecule has 0 aliphatic rings. The van der Waals surface area contributed by atoms with Crippen LogP contribution >= 0.6 is 11.3 Å². The minimum atomic E-state index is -3.36. The summed E-state index contributed by atoms with van der Waals surface area (Å²) in [5.41, 5.74) is 5.07. The van der Waals surface area contributed by atoms with Crippen molar-refractivity contribution in [3.05, 3.63) is 65.8 Å². The largest absolute Gasteiger partial charge is 0.337 e. The van der Waals surface area contributed by atoms with Crippen molar-refractivity contribution in [2.75, 3.05) is 11.0 Å². The molecule has 8 heteroatoms. The number of anilines is 1. The van der Waals surface area contributed by atoms with Gasteiger partial charge in [0.1, 0.15) is 5.82 Å². The number of thiophene rings is 1. The number of benzene rings is 1. The molecule has 0 spiro atoms. The third kappa shape index (κ3) is 3.97. The van der Waals surface area contributed by atoms with Crippen LogP contribution in [0.15, 0.2) is 60.2 Å². The van der Waals surface area contributed by atoms with Crippen molar-refractivity contribution in [3.8, 4) is 33.2 Å². The summed E-state index contributed by atoms with van der Waals surface area (Å²) >= 11 is 1.63. The first kappa shape index (κ1) is 18.4. The Morgan fingerprint density at radius 3 is 2.54 bits per heavy atom. The molecule has 2 N–H and O–H groups in total. The second-order valence-electron chi connectivity index (χ2n) is 6.49. The standard InChI is InChI=1S/C20H18N4O2S2/c1-13-10-17(27-12-13)20-22-18(14-6-8-21-9-7-14)19(23-20)15-4-3-5-16(11-15)24-28(2,25)26/h3-12,24H,1-2H3,(H,22,23). The van der Waals surface area contributed by atoms with Crippen molar-refractivity contribution in [2.24, 2.45) is 0 Å². The van der Waals surface area contributed by atoms with Gasteiger partial charge in [0.05, 0.1) is 22.5 Å². The van der Waals surface area contributed by atoms with Gasteiger partial charge in [-0.25, -0.2) is 13.4 Å². The van der Waals surface area contributed by atoms with Gasteiger partial charge in [-0.15, -0.1) is 11.3 Å². The van der Waals surface area contributed by atoms with E-state index in [1.54, 1.807) is 35.9 Å². The molecule has 0 saturated carbocycles. The minimum absolute atomic E-state index is 0.497. The average Bonchev–Trinajstić information content (AvgIpc) is 3.28. The molecule has 0 aliphatic heterocycles. The number of nitrogens with one attached hydrogen (secondary N) is 2. The summed E-state index contributed by atoms with van der Waals surface area (Å²) in [7, 11) is -3.36. The number of rotatable bonds is 5. The monoisotopic (exact) mass is 410 g/mol. The lowest BCUT2D eigenvalue weighted by Gasteiger charge is -2.07. The van der Waals surface area contributed by atoms with E-state index in [0.29, 0.717) is 5.69 Å². The van der Waals surface area contributed by atoms with Crippen molar-refractivity contribution in [3.63, 3.8) is 0 Å². The molecular weight excluding hydrogens is 392 g/mol. The smallest absolute Gasteiger partial charge is 0.229 e. The Morgan fingerprint density at radius 1 is 1.07 bits per heavy atom. The van der Waals surface area contributed by atoms with Crippen LogP contribution in [-0.2, 0) is 10.0 Å². The maximum atomic E-state index is 11.6. The highest BCUT2D eigenvalue weighted by Gasteiger charge is 2.17. The van der Waals surface area contributed by atoms with Crippen molar-refractivity contribution in [2.45, 2.75) is 6.92 Å². The van der Waals surface area contributed by atoms with Crippen LogP contribution in [-0.4, -0.2) is 29.6 Å². The van der Waals surface area contributed by atoms with Crippen LogP contribution in [0.25, 0.3) is 33.2 Å². The Kier molecular flexibility index (Phi) is 4.74. The molecule has 3 heterocycles. The highest BCUT2D eigenvalue weighted by Crippen LogP contribution is 2.35. The number of imidazole rings is 1. The molecule has 0 radical (unpaired) electrons. The summed E-state index contributed by atoms with van der Waals surface area (Å²) in [5.74, 6) is 0.779. The van der Waals surface area contributed by atoms with Crippen LogP contribution in [0.4, 0.5) is 5.69 Å². The van der Waals surface area contributed by atoms with Gasteiger partial charge in [-0.3, -0.25) is 9.71 Å². The maximum Gasteiger partial charge on any atom is 0.229 e. The van der Waals surface area contributed by atoms with Crippen LogP contribution in [0.5, 0.6) is 0 Å². The highest BCUT2D eigenvalue weighted by molar-refractivity contribution is 7.92. The molecular formula is C20H18N4O2S2. The number of hydrogen-bond donors (Lipinski definition) is 2. The van der Waals surface area contributed by atoms with Crippen molar-refractivity contribution >= 4 is 27.0 Å². The molecule has 142 valence electrons. The Morgan fingerprint density at radius 2 is 1.86 bits per heavy atom. The van der Waals surface area contributed by atoms with E-state index in [4.69, 9.17) is 4.98 Å². The lowest BCUT2D eigenvalue weighted by atomic mass is 10.1. The van der Waals surface area contributed by atoms with Gasteiger partial charge in [-0.05, 0) is 48.2 Å². The zero-order valence-electron chi connectivity index (χ0n) is 15.3.